The first kappa shape index (κ1) is 23.4. The number of ether oxygens (including phenoxy) is 1. The van der Waals surface area contributed by atoms with E-state index in [9.17, 15) is 14.4 Å². The summed E-state index contributed by atoms with van der Waals surface area (Å²) in [6.45, 7) is 6.12. The molecule has 30 heavy (non-hydrogen) atoms. The van der Waals surface area contributed by atoms with Crippen LogP contribution in [0.4, 0.5) is 0 Å². The molecule has 0 aliphatic carbocycles. The predicted molar refractivity (Wildman–Crippen MR) is 116 cm³/mol. The second-order valence-electron chi connectivity index (χ2n) is 7.71. The lowest BCUT2D eigenvalue weighted by atomic mass is 10.0. The van der Waals surface area contributed by atoms with Crippen LogP contribution < -0.4 is 16.4 Å². The summed E-state index contributed by atoms with van der Waals surface area (Å²) in [5.41, 5.74) is 7.86. The molecule has 164 valence electrons. The number of amides is 2. The van der Waals surface area contributed by atoms with Crippen molar-refractivity contribution >= 4 is 28.7 Å². The van der Waals surface area contributed by atoms with Crippen LogP contribution in [0.1, 0.15) is 39.2 Å². The summed E-state index contributed by atoms with van der Waals surface area (Å²) in [5, 5.41) is 6.48. The highest BCUT2D eigenvalue weighted by atomic mass is 16.5. The lowest BCUT2D eigenvalue weighted by Gasteiger charge is -2.21. The number of hydrogen-bond donors (Lipinski definition) is 4. The third-order valence-corrected chi connectivity index (χ3v) is 4.73. The minimum Gasteiger partial charge on any atom is -0.466 e. The molecular weight excluding hydrogens is 384 g/mol. The van der Waals surface area contributed by atoms with Crippen LogP contribution in [-0.4, -0.2) is 48.0 Å². The molecule has 0 bridgehead atoms. The molecule has 0 spiro atoms. The highest BCUT2D eigenvalue weighted by molar-refractivity contribution is 5.91. The van der Waals surface area contributed by atoms with Crippen LogP contribution in [0.15, 0.2) is 30.5 Å². The normalized spacial score (nSPS) is 13.1. The van der Waals surface area contributed by atoms with E-state index in [-0.39, 0.29) is 36.7 Å². The van der Waals surface area contributed by atoms with Gasteiger partial charge in [0.15, 0.2) is 0 Å². The Morgan fingerprint density at radius 1 is 1.17 bits per heavy atom. The molecule has 0 aliphatic rings. The van der Waals surface area contributed by atoms with Gasteiger partial charge in [0.1, 0.15) is 6.04 Å². The van der Waals surface area contributed by atoms with Gasteiger partial charge in [0.05, 0.1) is 19.1 Å². The fourth-order valence-corrected chi connectivity index (χ4v) is 3.27. The molecule has 2 amide bonds. The number of para-hydroxylation sites is 1. The van der Waals surface area contributed by atoms with Gasteiger partial charge in [-0.1, -0.05) is 32.0 Å². The van der Waals surface area contributed by atoms with Gasteiger partial charge in [-0.2, -0.15) is 0 Å². The van der Waals surface area contributed by atoms with Gasteiger partial charge in [0.25, 0.3) is 0 Å². The van der Waals surface area contributed by atoms with E-state index < -0.39 is 12.1 Å². The molecule has 0 saturated heterocycles. The summed E-state index contributed by atoms with van der Waals surface area (Å²) >= 11 is 0. The Bertz CT molecular complexity index is 862. The summed E-state index contributed by atoms with van der Waals surface area (Å²) in [7, 11) is 0. The van der Waals surface area contributed by atoms with Gasteiger partial charge in [0.2, 0.25) is 11.8 Å². The molecule has 0 fully saturated rings. The number of aromatic amines is 1. The van der Waals surface area contributed by atoms with E-state index in [1.807, 2.05) is 44.3 Å². The van der Waals surface area contributed by atoms with Crippen LogP contribution in [0.3, 0.4) is 0 Å². The summed E-state index contributed by atoms with van der Waals surface area (Å²) in [5.74, 6) is -0.853. The van der Waals surface area contributed by atoms with Gasteiger partial charge in [-0.3, -0.25) is 14.4 Å². The number of benzene rings is 1. The maximum atomic E-state index is 12.8. The molecule has 8 heteroatoms. The third-order valence-electron chi connectivity index (χ3n) is 4.73. The first-order chi connectivity index (χ1) is 14.3. The molecule has 0 saturated carbocycles. The van der Waals surface area contributed by atoms with Crippen molar-refractivity contribution in [1.82, 2.24) is 15.6 Å². The number of nitrogens with two attached hydrogens (primary N) is 1. The van der Waals surface area contributed by atoms with Gasteiger partial charge in [-0.25, -0.2) is 0 Å². The van der Waals surface area contributed by atoms with Crippen LogP contribution in [0.2, 0.25) is 0 Å². The molecule has 0 radical (unpaired) electrons. The topological polar surface area (TPSA) is 126 Å². The minimum absolute atomic E-state index is 0.0696. The summed E-state index contributed by atoms with van der Waals surface area (Å²) in [4.78, 5) is 40.0. The zero-order valence-corrected chi connectivity index (χ0v) is 17.9. The van der Waals surface area contributed by atoms with E-state index in [0.717, 1.165) is 16.5 Å². The number of aromatic nitrogens is 1. The number of esters is 1. The molecule has 8 nitrogen and oxygen atoms in total. The zero-order valence-electron chi connectivity index (χ0n) is 17.9. The molecule has 1 heterocycles. The van der Waals surface area contributed by atoms with E-state index in [1.165, 1.54) is 0 Å². The zero-order chi connectivity index (χ0) is 22.1. The van der Waals surface area contributed by atoms with Crippen molar-refractivity contribution in [2.75, 3.05) is 13.2 Å². The molecule has 2 atom stereocenters. The first-order valence-corrected chi connectivity index (χ1v) is 10.4. The van der Waals surface area contributed by atoms with E-state index in [0.29, 0.717) is 19.4 Å². The molecule has 2 rings (SSSR count). The summed E-state index contributed by atoms with van der Waals surface area (Å²) in [6, 6.07) is 6.26. The predicted octanol–water partition coefficient (Wildman–Crippen LogP) is 1.64. The maximum absolute atomic E-state index is 12.8. The van der Waals surface area contributed by atoms with Gasteiger partial charge < -0.3 is 26.1 Å². The lowest BCUT2D eigenvalue weighted by molar-refractivity contribution is -0.143. The van der Waals surface area contributed by atoms with Crippen molar-refractivity contribution < 1.29 is 19.1 Å². The van der Waals surface area contributed by atoms with Crippen molar-refractivity contribution in [3.05, 3.63) is 36.0 Å². The Labute approximate surface area is 176 Å². The molecule has 0 aliphatic heterocycles. The SMILES string of the molecule is CCOC(=O)CCNC(=O)[C@@H](Cc1c[nH]c2ccccc12)NC(=O)[C@@H](N)CC(C)C. The number of carbonyl (C=O) groups is 3. The quantitative estimate of drug-likeness (QED) is 0.414. The Balaban J connectivity index is 2.09. The maximum Gasteiger partial charge on any atom is 0.307 e. The van der Waals surface area contributed by atoms with Crippen LogP contribution in [0.5, 0.6) is 0 Å². The van der Waals surface area contributed by atoms with Gasteiger partial charge >= 0.3 is 5.97 Å². The van der Waals surface area contributed by atoms with Crippen molar-refractivity contribution in [3.8, 4) is 0 Å². The van der Waals surface area contributed by atoms with E-state index >= 15 is 0 Å². The van der Waals surface area contributed by atoms with Gasteiger partial charge in [0, 0.05) is 30.1 Å². The van der Waals surface area contributed by atoms with Crippen LogP contribution in [0, 0.1) is 5.92 Å². The standard InChI is InChI=1S/C22H32N4O4/c1-4-30-20(27)9-10-24-22(29)19(26-21(28)17(23)11-14(2)3)12-15-13-25-18-8-6-5-7-16(15)18/h5-8,13-14,17,19,25H,4,9-12,23H2,1-3H3,(H,24,29)(H,26,28)/t17-,19+/m0/s1. The van der Waals surface area contributed by atoms with E-state index in [2.05, 4.69) is 15.6 Å². The molecule has 1 aromatic heterocycles. The van der Waals surface area contributed by atoms with Gasteiger partial charge in [-0.15, -0.1) is 0 Å². The second-order valence-corrected chi connectivity index (χ2v) is 7.71. The highest BCUT2D eigenvalue weighted by Crippen LogP contribution is 2.19. The fraction of sp³-hybridized carbons (Fsp3) is 0.500. The molecule has 0 unspecified atom stereocenters. The average molecular weight is 417 g/mol. The van der Waals surface area contributed by atoms with Gasteiger partial charge in [-0.05, 0) is 30.9 Å². The lowest BCUT2D eigenvalue weighted by Crippen LogP contribution is -2.53. The number of rotatable bonds is 11. The van der Waals surface area contributed by atoms with Crippen molar-refractivity contribution in [1.29, 1.82) is 0 Å². The van der Waals surface area contributed by atoms with Crippen LogP contribution in [-0.2, 0) is 25.5 Å². The first-order valence-electron chi connectivity index (χ1n) is 10.4. The Kier molecular flexibility index (Phi) is 8.86. The average Bonchev–Trinajstić information content (AvgIpc) is 3.10. The Hall–Kier alpha value is -2.87. The van der Waals surface area contributed by atoms with Crippen molar-refractivity contribution in [2.24, 2.45) is 11.7 Å². The number of fused-ring (bicyclic) bond motifs is 1. The number of carbonyl (C=O) groups excluding carboxylic acids is 3. The molecular formula is C22H32N4O4. The van der Waals surface area contributed by atoms with E-state index in [4.69, 9.17) is 10.5 Å². The summed E-state index contributed by atoms with van der Waals surface area (Å²) in [6.07, 6.45) is 2.73. The van der Waals surface area contributed by atoms with Crippen molar-refractivity contribution in [2.45, 2.75) is 52.1 Å². The molecule has 1 aromatic carbocycles. The van der Waals surface area contributed by atoms with Crippen molar-refractivity contribution in [3.63, 3.8) is 0 Å². The largest absolute Gasteiger partial charge is 0.466 e. The fourth-order valence-electron chi connectivity index (χ4n) is 3.27. The second kappa shape index (κ2) is 11.3. The van der Waals surface area contributed by atoms with Crippen LogP contribution >= 0.6 is 0 Å². The Morgan fingerprint density at radius 2 is 1.90 bits per heavy atom. The monoisotopic (exact) mass is 416 g/mol. The highest BCUT2D eigenvalue weighted by Gasteiger charge is 2.25. The minimum atomic E-state index is -0.808. The molecule has 5 N–H and O–H groups in total. The summed E-state index contributed by atoms with van der Waals surface area (Å²) < 4.78 is 4.87. The van der Waals surface area contributed by atoms with E-state index in [1.54, 1.807) is 6.92 Å². The number of nitrogens with one attached hydrogen (secondary N) is 3. The third kappa shape index (κ3) is 6.88. The smallest absolute Gasteiger partial charge is 0.307 e. The molecule has 2 aromatic rings. The number of H-pyrrole nitrogens is 1. The Morgan fingerprint density at radius 3 is 2.60 bits per heavy atom. The number of hydrogen-bond acceptors (Lipinski definition) is 5. The van der Waals surface area contributed by atoms with Crippen LogP contribution in [0.25, 0.3) is 10.9 Å².